The normalized spacial score (nSPS) is 9.92. The summed E-state index contributed by atoms with van der Waals surface area (Å²) in [5, 5.41) is 0.616. The van der Waals surface area contributed by atoms with Crippen LogP contribution in [0.2, 0.25) is 5.02 Å². The number of halogens is 1. The zero-order chi connectivity index (χ0) is 18.2. The molecule has 2 aromatic rings. The van der Waals surface area contributed by atoms with Gasteiger partial charge < -0.3 is 9.47 Å². The Morgan fingerprint density at radius 1 is 1.20 bits per heavy atom. The number of rotatable bonds is 6. The lowest BCUT2D eigenvalue weighted by atomic mass is 10.1. The molecule has 0 aromatic heterocycles. The van der Waals surface area contributed by atoms with Crippen LogP contribution in [0, 0.1) is 11.8 Å². The van der Waals surface area contributed by atoms with Crippen molar-refractivity contribution < 1.29 is 14.3 Å². The molecule has 0 heterocycles. The molecule has 2 rings (SSSR count). The Morgan fingerprint density at radius 2 is 1.92 bits per heavy atom. The number of hydrogen-bond acceptors (Lipinski definition) is 4. The summed E-state index contributed by atoms with van der Waals surface area (Å²) in [4.78, 5) is 13.1. The predicted molar refractivity (Wildman–Crippen MR) is 102 cm³/mol. The van der Waals surface area contributed by atoms with E-state index in [9.17, 15) is 4.79 Å². The average Bonchev–Trinajstić information content (AvgIpc) is 2.59. The number of carbonyl (C=O) groups excluding carboxylic acids is 1. The minimum absolute atomic E-state index is 0.365. The molecule has 0 aliphatic carbocycles. The minimum atomic E-state index is -0.372. The van der Waals surface area contributed by atoms with Gasteiger partial charge in [0.2, 0.25) is 0 Å². The molecule has 2 aromatic carbocycles. The molecular weight excluding hydrogens is 356 g/mol. The molecule has 0 atom stereocenters. The molecular formula is C20H19ClO3S. The fraction of sp³-hybridized carbons (Fsp3) is 0.250. The number of aryl methyl sites for hydroxylation is 1. The highest BCUT2D eigenvalue weighted by atomic mass is 35.5. The highest BCUT2D eigenvalue weighted by molar-refractivity contribution is 7.99. The lowest BCUT2D eigenvalue weighted by molar-refractivity contribution is -0.132. The Kier molecular flexibility index (Phi) is 7.24. The minimum Gasteiger partial charge on any atom is -0.481 e. The van der Waals surface area contributed by atoms with Crippen LogP contribution >= 0.6 is 23.4 Å². The van der Waals surface area contributed by atoms with E-state index in [4.69, 9.17) is 21.1 Å². The summed E-state index contributed by atoms with van der Waals surface area (Å²) in [5.41, 5.74) is 1.01. The lowest BCUT2D eigenvalue weighted by Crippen LogP contribution is -2.03. The molecule has 0 saturated heterocycles. The molecule has 0 radical (unpaired) electrons. The van der Waals surface area contributed by atoms with E-state index in [2.05, 4.69) is 11.8 Å². The maximum absolute atomic E-state index is 11.4. The molecule has 0 amide bonds. The third kappa shape index (κ3) is 5.45. The number of benzene rings is 2. The van der Waals surface area contributed by atoms with Gasteiger partial charge in [0.15, 0.2) is 0 Å². The third-order valence-corrected chi connectivity index (χ3v) is 4.97. The summed E-state index contributed by atoms with van der Waals surface area (Å²) in [6.07, 6.45) is 0.804. The van der Waals surface area contributed by atoms with E-state index in [-0.39, 0.29) is 5.97 Å². The fourth-order valence-corrected chi connectivity index (χ4v) is 3.44. The zero-order valence-electron chi connectivity index (χ0n) is 14.4. The summed E-state index contributed by atoms with van der Waals surface area (Å²) in [5.74, 6) is 6.49. The predicted octanol–water partition coefficient (Wildman–Crippen LogP) is 5.38. The molecule has 0 unspecified atom stereocenters. The molecule has 25 heavy (non-hydrogen) atoms. The molecule has 0 spiro atoms. The standard InChI is InChI=1S/C20H19ClO3S/c1-4-6-13-23-16-8-10-17(11-9-16)25-20-18(24-14(3)22)12-7-15(5-2)19(20)21/h7-12H,5,13H2,1-3H3. The van der Waals surface area contributed by atoms with Crippen LogP contribution in [0.25, 0.3) is 0 Å². The zero-order valence-corrected chi connectivity index (χ0v) is 16.0. The number of hydrogen-bond donors (Lipinski definition) is 0. The molecule has 0 aliphatic heterocycles. The molecule has 0 aliphatic rings. The van der Waals surface area contributed by atoms with Crippen molar-refractivity contribution >= 4 is 29.3 Å². The SMILES string of the molecule is CC#CCOc1ccc(Sc2c(OC(C)=O)ccc(CC)c2Cl)cc1. The second-order valence-electron chi connectivity index (χ2n) is 5.10. The van der Waals surface area contributed by atoms with E-state index in [0.29, 0.717) is 17.4 Å². The van der Waals surface area contributed by atoms with E-state index in [1.165, 1.54) is 18.7 Å². The summed E-state index contributed by atoms with van der Waals surface area (Å²) >= 11 is 7.97. The van der Waals surface area contributed by atoms with E-state index >= 15 is 0 Å². The third-order valence-electron chi connectivity index (χ3n) is 3.31. The summed E-state index contributed by atoms with van der Waals surface area (Å²) in [7, 11) is 0. The summed E-state index contributed by atoms with van der Waals surface area (Å²) in [6, 6.07) is 11.3. The Morgan fingerprint density at radius 3 is 2.52 bits per heavy atom. The Labute approximate surface area is 157 Å². The van der Waals surface area contributed by atoms with Gasteiger partial charge in [-0.25, -0.2) is 0 Å². The maximum atomic E-state index is 11.4. The lowest BCUT2D eigenvalue weighted by Gasteiger charge is -2.13. The van der Waals surface area contributed by atoms with Gasteiger partial charge in [-0.2, -0.15) is 0 Å². The first-order chi connectivity index (χ1) is 12.0. The molecule has 0 N–H and O–H groups in total. The first-order valence-corrected chi connectivity index (χ1v) is 9.04. The number of carbonyl (C=O) groups is 1. The highest BCUT2D eigenvalue weighted by Crippen LogP contribution is 2.42. The second-order valence-corrected chi connectivity index (χ2v) is 6.56. The van der Waals surface area contributed by atoms with Gasteiger partial charge >= 0.3 is 5.97 Å². The van der Waals surface area contributed by atoms with Crippen LogP contribution < -0.4 is 9.47 Å². The second kappa shape index (κ2) is 9.41. The maximum Gasteiger partial charge on any atom is 0.308 e. The highest BCUT2D eigenvalue weighted by Gasteiger charge is 2.15. The van der Waals surface area contributed by atoms with E-state index in [1.54, 1.807) is 13.0 Å². The van der Waals surface area contributed by atoms with Gasteiger partial charge in [-0.05, 0) is 49.2 Å². The van der Waals surface area contributed by atoms with Gasteiger partial charge in [0, 0.05) is 11.8 Å². The van der Waals surface area contributed by atoms with Crippen LogP contribution in [0.3, 0.4) is 0 Å². The van der Waals surface area contributed by atoms with Crippen molar-refractivity contribution in [3.63, 3.8) is 0 Å². The smallest absolute Gasteiger partial charge is 0.308 e. The summed E-state index contributed by atoms with van der Waals surface area (Å²) < 4.78 is 10.8. The van der Waals surface area contributed by atoms with Crippen LogP contribution in [0.1, 0.15) is 26.3 Å². The van der Waals surface area contributed by atoms with Crippen LogP contribution in [-0.2, 0) is 11.2 Å². The van der Waals surface area contributed by atoms with Gasteiger partial charge in [0.25, 0.3) is 0 Å². The van der Waals surface area contributed by atoms with Crippen LogP contribution in [0.15, 0.2) is 46.2 Å². The molecule has 3 nitrogen and oxygen atoms in total. The molecule has 5 heteroatoms. The van der Waals surface area contributed by atoms with Gasteiger partial charge in [0.05, 0.1) is 9.92 Å². The van der Waals surface area contributed by atoms with Crippen LogP contribution in [-0.4, -0.2) is 12.6 Å². The van der Waals surface area contributed by atoms with Crippen molar-refractivity contribution in [3.05, 3.63) is 47.0 Å². The van der Waals surface area contributed by atoms with Crippen molar-refractivity contribution in [1.29, 1.82) is 0 Å². The number of ether oxygens (including phenoxy) is 2. The van der Waals surface area contributed by atoms with E-state index in [1.807, 2.05) is 37.3 Å². The molecule has 130 valence electrons. The van der Waals surface area contributed by atoms with Gasteiger partial charge in [-0.15, -0.1) is 5.92 Å². The molecule has 0 fully saturated rings. The topological polar surface area (TPSA) is 35.5 Å². The van der Waals surface area contributed by atoms with Crippen LogP contribution in [0.4, 0.5) is 0 Å². The Hall–Kier alpha value is -2.09. The largest absolute Gasteiger partial charge is 0.481 e. The first-order valence-electron chi connectivity index (χ1n) is 7.85. The van der Waals surface area contributed by atoms with E-state index in [0.717, 1.165) is 27.5 Å². The summed E-state index contributed by atoms with van der Waals surface area (Å²) in [6.45, 7) is 5.55. The fourth-order valence-electron chi connectivity index (χ4n) is 2.10. The number of esters is 1. The molecule has 0 saturated carbocycles. The van der Waals surface area contributed by atoms with Gasteiger partial charge in [-0.1, -0.05) is 42.3 Å². The van der Waals surface area contributed by atoms with Crippen molar-refractivity contribution in [3.8, 4) is 23.3 Å². The van der Waals surface area contributed by atoms with Crippen LogP contribution in [0.5, 0.6) is 11.5 Å². The van der Waals surface area contributed by atoms with Crippen molar-refractivity contribution in [2.24, 2.45) is 0 Å². The van der Waals surface area contributed by atoms with Crippen molar-refractivity contribution in [1.82, 2.24) is 0 Å². The van der Waals surface area contributed by atoms with Gasteiger partial charge in [-0.3, -0.25) is 4.79 Å². The quantitative estimate of drug-likeness (QED) is 0.386. The van der Waals surface area contributed by atoms with Gasteiger partial charge in [0.1, 0.15) is 18.1 Å². The van der Waals surface area contributed by atoms with E-state index < -0.39 is 0 Å². The molecule has 0 bridgehead atoms. The average molecular weight is 375 g/mol. The Balaban J connectivity index is 2.25. The van der Waals surface area contributed by atoms with Crippen molar-refractivity contribution in [2.45, 2.75) is 37.0 Å². The van der Waals surface area contributed by atoms with Crippen molar-refractivity contribution in [2.75, 3.05) is 6.61 Å². The first kappa shape index (κ1) is 19.2. The monoisotopic (exact) mass is 374 g/mol. The Bertz CT molecular complexity index is 804.